The summed E-state index contributed by atoms with van der Waals surface area (Å²) in [5.74, 6) is 0. The molecule has 0 bridgehead atoms. The molecule has 0 spiro atoms. The predicted octanol–water partition coefficient (Wildman–Crippen LogP) is 3.21. The molecule has 1 aromatic heterocycles. The monoisotopic (exact) mass is 254 g/mol. The first-order chi connectivity index (χ1) is 7.98. The van der Waals surface area contributed by atoms with E-state index in [4.69, 9.17) is 0 Å². The summed E-state index contributed by atoms with van der Waals surface area (Å²) in [6, 6.07) is 0. The van der Waals surface area contributed by atoms with E-state index < -0.39 is 6.10 Å². The van der Waals surface area contributed by atoms with Gasteiger partial charge in [0.15, 0.2) is 5.13 Å². The van der Waals surface area contributed by atoms with Gasteiger partial charge >= 0.3 is 0 Å². The molecule has 96 valence electrons. The second kappa shape index (κ2) is 4.94. The molecule has 2 heterocycles. The van der Waals surface area contributed by atoms with Crippen LogP contribution in [-0.2, 0) is 0 Å². The minimum absolute atomic E-state index is 0.398. The van der Waals surface area contributed by atoms with E-state index in [1.807, 2.05) is 0 Å². The largest absolute Gasteiger partial charge is 0.388 e. The Labute approximate surface area is 107 Å². The maximum Gasteiger partial charge on any atom is 0.185 e. The first-order valence-electron chi connectivity index (χ1n) is 6.37. The molecule has 0 aliphatic carbocycles. The maximum atomic E-state index is 9.53. The van der Waals surface area contributed by atoms with Crippen LogP contribution in [0.3, 0.4) is 0 Å². The summed E-state index contributed by atoms with van der Waals surface area (Å²) in [6.45, 7) is 8.66. The van der Waals surface area contributed by atoms with Crippen LogP contribution in [0.2, 0.25) is 0 Å². The van der Waals surface area contributed by atoms with Crippen molar-refractivity contribution < 1.29 is 5.11 Å². The molecule has 1 aliphatic rings. The Kier molecular flexibility index (Phi) is 3.73. The van der Waals surface area contributed by atoms with E-state index in [2.05, 4.69) is 23.7 Å². The van der Waals surface area contributed by atoms with Crippen LogP contribution in [0, 0.1) is 5.41 Å². The van der Waals surface area contributed by atoms with Gasteiger partial charge in [0.2, 0.25) is 0 Å². The van der Waals surface area contributed by atoms with E-state index in [0.29, 0.717) is 5.41 Å². The second-order valence-corrected chi connectivity index (χ2v) is 6.77. The lowest BCUT2D eigenvalue weighted by Crippen LogP contribution is -2.24. The minimum Gasteiger partial charge on any atom is -0.388 e. The van der Waals surface area contributed by atoms with Crippen LogP contribution in [0.5, 0.6) is 0 Å². The van der Waals surface area contributed by atoms with Crippen LogP contribution in [-0.4, -0.2) is 23.2 Å². The van der Waals surface area contributed by atoms with Crippen molar-refractivity contribution in [2.45, 2.75) is 46.1 Å². The first kappa shape index (κ1) is 12.8. The molecule has 1 aliphatic heterocycles. The quantitative estimate of drug-likeness (QED) is 0.880. The van der Waals surface area contributed by atoms with Gasteiger partial charge in [0, 0.05) is 19.3 Å². The normalized spacial score (nSPS) is 22.2. The van der Waals surface area contributed by atoms with E-state index in [9.17, 15) is 5.11 Å². The molecular weight excluding hydrogens is 232 g/mol. The van der Waals surface area contributed by atoms with Crippen molar-refractivity contribution in [1.29, 1.82) is 0 Å². The van der Waals surface area contributed by atoms with E-state index in [1.165, 1.54) is 19.3 Å². The lowest BCUT2D eigenvalue weighted by atomic mass is 9.85. The van der Waals surface area contributed by atoms with Crippen LogP contribution in [0.15, 0.2) is 6.20 Å². The van der Waals surface area contributed by atoms with Gasteiger partial charge in [-0.3, -0.25) is 0 Å². The number of nitrogens with zero attached hydrogens (tertiary/aromatic N) is 2. The van der Waals surface area contributed by atoms with E-state index in [1.54, 1.807) is 24.5 Å². The van der Waals surface area contributed by atoms with Gasteiger partial charge in [-0.1, -0.05) is 25.2 Å². The Bertz CT molecular complexity index is 373. The van der Waals surface area contributed by atoms with Gasteiger partial charge in [0.05, 0.1) is 11.0 Å². The number of aliphatic hydroxyl groups is 1. The first-order valence-corrected chi connectivity index (χ1v) is 7.18. The molecule has 1 aromatic rings. The molecule has 17 heavy (non-hydrogen) atoms. The van der Waals surface area contributed by atoms with E-state index in [-0.39, 0.29) is 0 Å². The molecule has 4 heteroatoms. The lowest BCUT2D eigenvalue weighted by Gasteiger charge is -2.22. The van der Waals surface area contributed by atoms with Crippen molar-refractivity contribution in [3.05, 3.63) is 11.1 Å². The standard InChI is InChI=1S/C13H22N2OS/c1-10(16)11-9-14-12(17-11)15-7-4-5-13(2,3)6-8-15/h9-10,16H,4-8H2,1-3H3. The molecule has 1 saturated heterocycles. The van der Waals surface area contributed by atoms with Gasteiger partial charge < -0.3 is 10.0 Å². The van der Waals surface area contributed by atoms with Crippen molar-refractivity contribution in [2.24, 2.45) is 5.41 Å². The lowest BCUT2D eigenvalue weighted by molar-refractivity contribution is 0.203. The van der Waals surface area contributed by atoms with Crippen molar-refractivity contribution >= 4 is 16.5 Å². The number of anilines is 1. The molecule has 1 atom stereocenters. The number of hydrogen-bond donors (Lipinski definition) is 1. The molecule has 0 saturated carbocycles. The fraction of sp³-hybridized carbons (Fsp3) is 0.769. The highest BCUT2D eigenvalue weighted by Gasteiger charge is 2.24. The third kappa shape index (κ3) is 3.19. The van der Waals surface area contributed by atoms with Crippen LogP contribution >= 0.6 is 11.3 Å². The molecule has 1 unspecified atom stereocenters. The number of hydrogen-bond acceptors (Lipinski definition) is 4. The fourth-order valence-corrected chi connectivity index (χ4v) is 3.13. The molecule has 2 rings (SSSR count). The number of thiazole rings is 1. The van der Waals surface area contributed by atoms with E-state index >= 15 is 0 Å². The highest BCUT2D eigenvalue weighted by atomic mass is 32.1. The smallest absolute Gasteiger partial charge is 0.185 e. The zero-order valence-electron chi connectivity index (χ0n) is 10.9. The van der Waals surface area contributed by atoms with Gasteiger partial charge in [0.1, 0.15) is 0 Å². The molecule has 0 radical (unpaired) electrons. The van der Waals surface area contributed by atoms with E-state index in [0.717, 1.165) is 23.1 Å². The Morgan fingerprint density at radius 1 is 1.41 bits per heavy atom. The van der Waals surface area contributed by atoms with Crippen LogP contribution in [0.1, 0.15) is 51.0 Å². The third-order valence-corrected chi connectivity index (χ3v) is 4.76. The summed E-state index contributed by atoms with van der Waals surface area (Å²) >= 11 is 1.62. The van der Waals surface area contributed by atoms with Crippen LogP contribution in [0.4, 0.5) is 5.13 Å². The summed E-state index contributed by atoms with van der Waals surface area (Å²) in [7, 11) is 0. The highest BCUT2D eigenvalue weighted by Crippen LogP contribution is 2.33. The summed E-state index contributed by atoms with van der Waals surface area (Å²) in [4.78, 5) is 7.76. The van der Waals surface area contributed by atoms with Gasteiger partial charge in [-0.2, -0.15) is 0 Å². The minimum atomic E-state index is -0.398. The van der Waals surface area contributed by atoms with Crippen LogP contribution < -0.4 is 4.90 Å². The number of aromatic nitrogens is 1. The zero-order chi connectivity index (χ0) is 12.5. The average molecular weight is 254 g/mol. The SMILES string of the molecule is CC(O)c1cnc(N2CCCC(C)(C)CC2)s1. The predicted molar refractivity (Wildman–Crippen MR) is 72.6 cm³/mol. The zero-order valence-corrected chi connectivity index (χ0v) is 11.8. The fourth-order valence-electron chi connectivity index (χ4n) is 2.23. The molecule has 0 amide bonds. The summed E-state index contributed by atoms with van der Waals surface area (Å²) in [5, 5.41) is 10.6. The Morgan fingerprint density at radius 2 is 2.18 bits per heavy atom. The molecule has 3 nitrogen and oxygen atoms in total. The third-order valence-electron chi connectivity index (χ3n) is 3.53. The Hall–Kier alpha value is -0.610. The summed E-state index contributed by atoms with van der Waals surface area (Å²) < 4.78 is 0. The summed E-state index contributed by atoms with van der Waals surface area (Å²) in [5.41, 5.74) is 0.457. The highest BCUT2D eigenvalue weighted by molar-refractivity contribution is 7.15. The van der Waals surface area contributed by atoms with Crippen molar-refractivity contribution in [2.75, 3.05) is 18.0 Å². The molecule has 1 N–H and O–H groups in total. The topological polar surface area (TPSA) is 36.4 Å². The average Bonchev–Trinajstić information content (AvgIpc) is 2.65. The molecule has 1 fully saturated rings. The van der Waals surface area contributed by atoms with Gasteiger partial charge in [-0.05, 0) is 31.6 Å². The van der Waals surface area contributed by atoms with Crippen LogP contribution in [0.25, 0.3) is 0 Å². The second-order valence-electron chi connectivity index (χ2n) is 5.73. The molecular formula is C13H22N2OS. The maximum absolute atomic E-state index is 9.53. The van der Waals surface area contributed by atoms with Gasteiger partial charge in [-0.15, -0.1) is 0 Å². The number of rotatable bonds is 2. The number of aliphatic hydroxyl groups excluding tert-OH is 1. The Morgan fingerprint density at radius 3 is 2.82 bits per heavy atom. The van der Waals surface area contributed by atoms with Crippen molar-refractivity contribution in [1.82, 2.24) is 4.98 Å². The van der Waals surface area contributed by atoms with Crippen molar-refractivity contribution in [3.63, 3.8) is 0 Å². The molecule has 0 aromatic carbocycles. The summed E-state index contributed by atoms with van der Waals surface area (Å²) in [6.07, 6.45) is 5.15. The van der Waals surface area contributed by atoms with Crippen molar-refractivity contribution in [3.8, 4) is 0 Å². The van der Waals surface area contributed by atoms with Gasteiger partial charge in [-0.25, -0.2) is 4.98 Å². The Balaban J connectivity index is 2.06. The van der Waals surface area contributed by atoms with Gasteiger partial charge in [0.25, 0.3) is 0 Å².